The molecule has 0 aromatic rings. The van der Waals surface area contributed by atoms with Crippen molar-refractivity contribution in [3.63, 3.8) is 0 Å². The first-order chi connectivity index (χ1) is 11.2. The first-order valence-electron chi connectivity index (χ1n) is 7.68. The SMILES string of the molecule is CCOC(=O)C1=NO[C@H]2[C@@H]1CN(C(=O)OC(C)(C)C)[C@H]2C(=O)OC. The fourth-order valence-corrected chi connectivity index (χ4v) is 2.67. The minimum atomic E-state index is -1.04. The Kier molecular flexibility index (Phi) is 5.00. The standard InChI is InChI=1S/C15H22N2O7/c1-6-22-12(18)9-8-7-17(14(20)23-15(2,3)4)10(13(19)21-5)11(8)24-16-9/h8,10-11H,6-7H2,1-5H3/t8-,10-,11+/m1/s1. The maximum Gasteiger partial charge on any atom is 0.411 e. The molecule has 0 bridgehead atoms. The van der Waals surface area contributed by atoms with Crippen molar-refractivity contribution in [2.45, 2.75) is 45.4 Å². The number of oxime groups is 1. The van der Waals surface area contributed by atoms with Crippen LogP contribution in [0.2, 0.25) is 0 Å². The highest BCUT2D eigenvalue weighted by Gasteiger charge is 2.57. The van der Waals surface area contributed by atoms with Crippen LogP contribution in [0.15, 0.2) is 5.16 Å². The minimum absolute atomic E-state index is 0.0526. The first-order valence-corrected chi connectivity index (χ1v) is 7.68. The Morgan fingerprint density at radius 1 is 1.33 bits per heavy atom. The molecule has 1 amide bonds. The third-order valence-corrected chi connectivity index (χ3v) is 3.62. The van der Waals surface area contributed by atoms with Gasteiger partial charge >= 0.3 is 18.0 Å². The lowest BCUT2D eigenvalue weighted by Crippen LogP contribution is -2.47. The number of nitrogens with zero attached hydrogens (tertiary/aromatic N) is 2. The molecule has 0 spiro atoms. The largest absolute Gasteiger partial charge is 0.467 e. The van der Waals surface area contributed by atoms with Crippen molar-refractivity contribution in [3.8, 4) is 0 Å². The molecular weight excluding hydrogens is 320 g/mol. The van der Waals surface area contributed by atoms with Crippen molar-refractivity contribution >= 4 is 23.7 Å². The van der Waals surface area contributed by atoms with Crippen LogP contribution in [0.25, 0.3) is 0 Å². The van der Waals surface area contributed by atoms with Gasteiger partial charge in [-0.15, -0.1) is 0 Å². The molecular formula is C15H22N2O7. The number of ether oxygens (including phenoxy) is 3. The van der Waals surface area contributed by atoms with E-state index in [-0.39, 0.29) is 18.9 Å². The molecule has 134 valence electrons. The van der Waals surface area contributed by atoms with Crippen LogP contribution < -0.4 is 0 Å². The Hall–Kier alpha value is -2.32. The zero-order chi connectivity index (χ0) is 18.1. The van der Waals surface area contributed by atoms with Crippen LogP contribution in [0.4, 0.5) is 4.79 Å². The van der Waals surface area contributed by atoms with E-state index in [1.165, 1.54) is 12.0 Å². The quantitative estimate of drug-likeness (QED) is 0.549. The number of carbonyl (C=O) groups excluding carboxylic acids is 3. The monoisotopic (exact) mass is 342 g/mol. The molecule has 3 atom stereocenters. The van der Waals surface area contributed by atoms with E-state index in [4.69, 9.17) is 19.0 Å². The van der Waals surface area contributed by atoms with E-state index in [9.17, 15) is 14.4 Å². The van der Waals surface area contributed by atoms with E-state index < -0.39 is 41.7 Å². The number of hydrogen-bond donors (Lipinski definition) is 0. The van der Waals surface area contributed by atoms with Gasteiger partial charge in [0.2, 0.25) is 0 Å². The average Bonchev–Trinajstić information content (AvgIpc) is 3.03. The summed E-state index contributed by atoms with van der Waals surface area (Å²) in [5.41, 5.74) is -0.671. The number of amides is 1. The molecule has 0 unspecified atom stereocenters. The molecule has 2 aliphatic rings. The molecule has 24 heavy (non-hydrogen) atoms. The van der Waals surface area contributed by atoms with Gasteiger partial charge in [0.15, 0.2) is 17.9 Å². The lowest BCUT2D eigenvalue weighted by atomic mass is 9.97. The van der Waals surface area contributed by atoms with Crippen molar-refractivity contribution in [2.24, 2.45) is 11.1 Å². The fourth-order valence-electron chi connectivity index (χ4n) is 2.67. The lowest BCUT2D eigenvalue weighted by Gasteiger charge is -2.28. The average molecular weight is 342 g/mol. The van der Waals surface area contributed by atoms with Crippen LogP contribution in [0, 0.1) is 5.92 Å². The van der Waals surface area contributed by atoms with Gasteiger partial charge in [-0.05, 0) is 27.7 Å². The Bertz CT molecular complexity index is 567. The van der Waals surface area contributed by atoms with Crippen LogP contribution >= 0.6 is 0 Å². The van der Waals surface area contributed by atoms with Gasteiger partial charge in [0.25, 0.3) is 0 Å². The first kappa shape index (κ1) is 18.0. The number of esters is 2. The van der Waals surface area contributed by atoms with Gasteiger partial charge in [-0.1, -0.05) is 5.16 Å². The van der Waals surface area contributed by atoms with Crippen molar-refractivity contribution in [1.82, 2.24) is 4.90 Å². The topological polar surface area (TPSA) is 104 Å². The zero-order valence-corrected chi connectivity index (χ0v) is 14.4. The van der Waals surface area contributed by atoms with Crippen LogP contribution in [0.1, 0.15) is 27.7 Å². The third kappa shape index (κ3) is 3.44. The second-order valence-corrected chi connectivity index (χ2v) is 6.47. The number of methoxy groups -OCH3 is 1. The number of hydrogen-bond acceptors (Lipinski definition) is 8. The van der Waals surface area contributed by atoms with E-state index in [2.05, 4.69) is 5.16 Å². The van der Waals surface area contributed by atoms with Crippen molar-refractivity contribution in [1.29, 1.82) is 0 Å². The molecule has 2 rings (SSSR count). The van der Waals surface area contributed by atoms with E-state index >= 15 is 0 Å². The highest BCUT2D eigenvalue weighted by atomic mass is 16.7. The van der Waals surface area contributed by atoms with E-state index in [1.54, 1.807) is 27.7 Å². The van der Waals surface area contributed by atoms with Gasteiger partial charge in [0.05, 0.1) is 19.6 Å². The van der Waals surface area contributed by atoms with Crippen molar-refractivity contribution in [3.05, 3.63) is 0 Å². The van der Waals surface area contributed by atoms with Gasteiger partial charge in [0, 0.05) is 6.54 Å². The molecule has 0 saturated carbocycles. The molecule has 0 N–H and O–H groups in total. The van der Waals surface area contributed by atoms with Crippen LogP contribution in [0.3, 0.4) is 0 Å². The lowest BCUT2D eigenvalue weighted by molar-refractivity contribution is -0.149. The molecule has 9 nitrogen and oxygen atoms in total. The van der Waals surface area contributed by atoms with Gasteiger partial charge < -0.3 is 19.0 Å². The Morgan fingerprint density at radius 3 is 2.54 bits per heavy atom. The molecule has 1 saturated heterocycles. The Labute approximate surface area is 139 Å². The molecule has 1 fully saturated rings. The smallest absolute Gasteiger partial charge is 0.411 e. The summed E-state index contributed by atoms with van der Waals surface area (Å²) in [5, 5.41) is 3.73. The summed E-state index contributed by atoms with van der Waals surface area (Å²) in [7, 11) is 1.21. The maximum absolute atomic E-state index is 12.4. The second kappa shape index (κ2) is 6.66. The van der Waals surface area contributed by atoms with Gasteiger partial charge in [0.1, 0.15) is 5.60 Å². The summed E-state index contributed by atoms with van der Waals surface area (Å²) in [6.45, 7) is 7.07. The van der Waals surface area contributed by atoms with Crippen molar-refractivity contribution in [2.75, 3.05) is 20.3 Å². The van der Waals surface area contributed by atoms with Crippen LogP contribution in [0.5, 0.6) is 0 Å². The van der Waals surface area contributed by atoms with Crippen LogP contribution in [-0.4, -0.2) is 66.7 Å². The third-order valence-electron chi connectivity index (χ3n) is 3.62. The number of rotatable bonds is 3. The van der Waals surface area contributed by atoms with E-state index in [0.717, 1.165) is 0 Å². The number of fused-ring (bicyclic) bond motifs is 1. The Balaban J connectivity index is 2.23. The summed E-state index contributed by atoms with van der Waals surface area (Å²) < 4.78 is 15.0. The fraction of sp³-hybridized carbons (Fsp3) is 0.733. The maximum atomic E-state index is 12.4. The minimum Gasteiger partial charge on any atom is -0.467 e. The van der Waals surface area contributed by atoms with E-state index in [1.807, 2.05) is 0 Å². The van der Waals surface area contributed by atoms with Gasteiger partial charge in [-0.3, -0.25) is 4.90 Å². The Morgan fingerprint density at radius 2 is 2.00 bits per heavy atom. The van der Waals surface area contributed by atoms with Crippen molar-refractivity contribution < 1.29 is 33.4 Å². The zero-order valence-electron chi connectivity index (χ0n) is 14.4. The molecule has 0 aromatic heterocycles. The predicted molar refractivity (Wildman–Crippen MR) is 81.2 cm³/mol. The van der Waals surface area contributed by atoms with Gasteiger partial charge in [-0.2, -0.15) is 0 Å². The molecule has 0 radical (unpaired) electrons. The highest BCUT2D eigenvalue weighted by Crippen LogP contribution is 2.34. The predicted octanol–water partition coefficient (Wildman–Crippen LogP) is 0.713. The summed E-state index contributed by atoms with van der Waals surface area (Å²) >= 11 is 0. The molecule has 9 heteroatoms. The second-order valence-electron chi connectivity index (χ2n) is 6.47. The molecule has 2 aliphatic heterocycles. The molecule has 2 heterocycles. The number of carbonyl (C=O) groups is 3. The summed E-state index contributed by atoms with van der Waals surface area (Å²) in [6, 6.07) is -1.04. The molecule has 0 aliphatic carbocycles. The number of likely N-dealkylation sites (tertiary alicyclic amines) is 1. The normalized spacial score (nSPS) is 25.5. The van der Waals surface area contributed by atoms with Crippen LogP contribution in [-0.2, 0) is 28.6 Å². The molecule has 0 aromatic carbocycles. The van der Waals surface area contributed by atoms with Gasteiger partial charge in [-0.25, -0.2) is 14.4 Å². The summed E-state index contributed by atoms with van der Waals surface area (Å²) in [4.78, 5) is 42.9. The summed E-state index contributed by atoms with van der Waals surface area (Å²) in [5.74, 6) is -1.85. The highest BCUT2D eigenvalue weighted by molar-refractivity contribution is 6.38. The van der Waals surface area contributed by atoms with E-state index in [0.29, 0.717) is 0 Å². The summed E-state index contributed by atoms with van der Waals surface area (Å²) in [6.07, 6.45) is -1.48.